The highest BCUT2D eigenvalue weighted by Crippen LogP contribution is 2.36. The summed E-state index contributed by atoms with van der Waals surface area (Å²) < 4.78 is 40.6. The molecule has 2 aromatic carbocycles. The number of fused-ring (bicyclic) bond motifs is 1. The molecule has 1 aromatic heterocycles. The molecule has 26 heavy (non-hydrogen) atoms. The molecule has 0 unspecified atom stereocenters. The smallest absolute Gasteiger partial charge is 0.416 e. The van der Waals surface area contributed by atoms with Crippen LogP contribution in [-0.2, 0) is 11.0 Å². The molecule has 0 bridgehead atoms. The zero-order valence-electron chi connectivity index (χ0n) is 13.5. The number of rotatable bonds is 5. The van der Waals surface area contributed by atoms with Crippen LogP contribution in [0, 0.1) is 0 Å². The standard InChI is InChI=1S/C19H14F3NO2S/c20-19(21,22)14-6-2-1-5-12(14)11-13(9-10-17(24)25)18-23-15-7-3-4-8-16(15)26-18/h1-8,11H,9-10H2,(H,24,25). The van der Waals surface area contributed by atoms with Gasteiger partial charge in [0.2, 0.25) is 0 Å². The van der Waals surface area contributed by atoms with Gasteiger partial charge in [-0.15, -0.1) is 11.3 Å². The van der Waals surface area contributed by atoms with Crippen LogP contribution in [0.3, 0.4) is 0 Å². The molecule has 3 nitrogen and oxygen atoms in total. The fraction of sp³-hybridized carbons (Fsp3) is 0.158. The summed E-state index contributed by atoms with van der Waals surface area (Å²) >= 11 is 1.34. The van der Waals surface area contributed by atoms with Gasteiger partial charge in [-0.2, -0.15) is 13.2 Å². The Morgan fingerprint density at radius 1 is 1.08 bits per heavy atom. The fourth-order valence-corrected chi connectivity index (χ4v) is 3.57. The molecule has 0 aliphatic heterocycles. The average Bonchev–Trinajstić information content (AvgIpc) is 3.01. The number of benzene rings is 2. The molecule has 0 aliphatic rings. The lowest BCUT2D eigenvalue weighted by Gasteiger charge is -2.11. The van der Waals surface area contributed by atoms with E-state index in [0.29, 0.717) is 10.6 Å². The summed E-state index contributed by atoms with van der Waals surface area (Å²) in [6, 6.07) is 12.6. The Morgan fingerprint density at radius 2 is 1.77 bits per heavy atom. The average molecular weight is 377 g/mol. The minimum atomic E-state index is -4.49. The van der Waals surface area contributed by atoms with E-state index in [-0.39, 0.29) is 18.4 Å². The van der Waals surface area contributed by atoms with E-state index in [1.54, 1.807) is 0 Å². The first-order valence-electron chi connectivity index (χ1n) is 7.79. The van der Waals surface area contributed by atoms with Crippen molar-refractivity contribution in [2.75, 3.05) is 0 Å². The van der Waals surface area contributed by atoms with Gasteiger partial charge in [0, 0.05) is 6.42 Å². The summed E-state index contributed by atoms with van der Waals surface area (Å²) in [5.74, 6) is -1.01. The molecule has 134 valence electrons. The highest BCUT2D eigenvalue weighted by Gasteiger charge is 2.32. The minimum Gasteiger partial charge on any atom is -0.481 e. The van der Waals surface area contributed by atoms with Gasteiger partial charge in [0.05, 0.1) is 15.8 Å². The first kappa shape index (κ1) is 18.1. The molecule has 0 spiro atoms. The SMILES string of the molecule is O=C(O)CCC(=Cc1ccccc1C(F)(F)F)c1nc2ccccc2s1. The van der Waals surface area contributed by atoms with E-state index in [0.717, 1.165) is 16.3 Å². The van der Waals surface area contributed by atoms with E-state index >= 15 is 0 Å². The Balaban J connectivity index is 2.09. The third-order valence-corrected chi connectivity index (χ3v) is 4.88. The van der Waals surface area contributed by atoms with Crippen LogP contribution in [-0.4, -0.2) is 16.1 Å². The van der Waals surface area contributed by atoms with Gasteiger partial charge in [-0.3, -0.25) is 4.79 Å². The van der Waals surface area contributed by atoms with Crippen LogP contribution in [0.4, 0.5) is 13.2 Å². The maximum Gasteiger partial charge on any atom is 0.416 e. The number of nitrogens with zero attached hydrogens (tertiary/aromatic N) is 1. The van der Waals surface area contributed by atoms with Crippen molar-refractivity contribution in [1.29, 1.82) is 0 Å². The lowest BCUT2D eigenvalue weighted by atomic mass is 10.0. The lowest BCUT2D eigenvalue weighted by molar-refractivity contribution is -0.138. The van der Waals surface area contributed by atoms with E-state index in [2.05, 4.69) is 4.98 Å². The molecule has 0 amide bonds. The molecular formula is C19H14F3NO2S. The second kappa shape index (κ2) is 7.29. The summed E-state index contributed by atoms with van der Waals surface area (Å²) in [5.41, 5.74) is 0.455. The van der Waals surface area contributed by atoms with Gasteiger partial charge in [0.1, 0.15) is 5.01 Å². The molecule has 0 fully saturated rings. The lowest BCUT2D eigenvalue weighted by Crippen LogP contribution is -2.07. The Labute approximate surface area is 151 Å². The summed E-state index contributed by atoms with van der Waals surface area (Å²) in [6.07, 6.45) is -3.18. The third kappa shape index (κ3) is 4.11. The number of aliphatic carboxylic acids is 1. The number of allylic oxidation sites excluding steroid dienone is 1. The largest absolute Gasteiger partial charge is 0.481 e. The van der Waals surface area contributed by atoms with Crippen molar-refractivity contribution < 1.29 is 23.1 Å². The molecule has 0 saturated carbocycles. The minimum absolute atomic E-state index is 0.000329. The zero-order valence-corrected chi connectivity index (χ0v) is 14.3. The topological polar surface area (TPSA) is 50.2 Å². The number of alkyl halides is 3. The predicted molar refractivity (Wildman–Crippen MR) is 95.8 cm³/mol. The van der Waals surface area contributed by atoms with Crippen molar-refractivity contribution in [3.05, 3.63) is 64.7 Å². The first-order chi connectivity index (χ1) is 12.3. The second-order valence-electron chi connectivity index (χ2n) is 5.64. The Bertz CT molecular complexity index is 943. The summed E-state index contributed by atoms with van der Waals surface area (Å²) in [5, 5.41) is 9.51. The van der Waals surface area contributed by atoms with Crippen LogP contribution in [0.1, 0.15) is 29.0 Å². The molecule has 7 heteroatoms. The monoisotopic (exact) mass is 377 g/mol. The van der Waals surface area contributed by atoms with Gasteiger partial charge < -0.3 is 5.11 Å². The maximum atomic E-state index is 13.2. The van der Waals surface area contributed by atoms with Gasteiger partial charge >= 0.3 is 12.1 Å². The van der Waals surface area contributed by atoms with Gasteiger partial charge in [-0.1, -0.05) is 30.3 Å². The Hall–Kier alpha value is -2.67. The van der Waals surface area contributed by atoms with E-state index in [1.807, 2.05) is 24.3 Å². The van der Waals surface area contributed by atoms with Crippen LogP contribution in [0.25, 0.3) is 21.9 Å². The summed E-state index contributed by atoms with van der Waals surface area (Å²) in [4.78, 5) is 15.4. The van der Waals surface area contributed by atoms with Crippen molar-refractivity contribution in [3.8, 4) is 0 Å². The highest BCUT2D eigenvalue weighted by molar-refractivity contribution is 7.19. The van der Waals surface area contributed by atoms with Gasteiger partial charge in [-0.25, -0.2) is 4.98 Å². The molecular weight excluding hydrogens is 363 g/mol. The van der Waals surface area contributed by atoms with Gasteiger partial charge in [0.25, 0.3) is 0 Å². The molecule has 3 aromatic rings. The fourth-order valence-electron chi connectivity index (χ4n) is 2.56. The number of carboxylic acids is 1. The van der Waals surface area contributed by atoms with Gasteiger partial charge in [-0.05, 0) is 41.8 Å². The maximum absolute atomic E-state index is 13.2. The van der Waals surface area contributed by atoms with Crippen LogP contribution in [0.15, 0.2) is 48.5 Å². The highest BCUT2D eigenvalue weighted by atomic mass is 32.1. The van der Waals surface area contributed by atoms with E-state index < -0.39 is 17.7 Å². The molecule has 1 N–H and O–H groups in total. The number of hydrogen-bond donors (Lipinski definition) is 1. The summed E-state index contributed by atoms with van der Waals surface area (Å²) in [6.45, 7) is 0. The predicted octanol–water partition coefficient (Wildman–Crippen LogP) is 5.72. The van der Waals surface area contributed by atoms with Crippen molar-refractivity contribution in [2.24, 2.45) is 0 Å². The number of thiazole rings is 1. The number of carbonyl (C=O) groups is 1. The number of hydrogen-bond acceptors (Lipinski definition) is 3. The number of para-hydroxylation sites is 1. The quantitative estimate of drug-likeness (QED) is 0.619. The second-order valence-corrected chi connectivity index (χ2v) is 6.67. The van der Waals surface area contributed by atoms with Crippen LogP contribution in [0.5, 0.6) is 0 Å². The molecule has 0 saturated heterocycles. The van der Waals surface area contributed by atoms with Crippen LogP contribution >= 0.6 is 11.3 Å². The molecule has 1 heterocycles. The number of aromatic nitrogens is 1. The molecule has 0 atom stereocenters. The van der Waals surface area contributed by atoms with Crippen molar-refractivity contribution in [1.82, 2.24) is 4.98 Å². The van der Waals surface area contributed by atoms with Gasteiger partial charge in [0.15, 0.2) is 0 Å². The van der Waals surface area contributed by atoms with E-state index in [9.17, 15) is 18.0 Å². The summed E-state index contributed by atoms with van der Waals surface area (Å²) in [7, 11) is 0. The third-order valence-electron chi connectivity index (χ3n) is 3.77. The van der Waals surface area contributed by atoms with E-state index in [1.165, 1.54) is 35.6 Å². The molecule has 0 aliphatic carbocycles. The van der Waals surface area contributed by atoms with Crippen molar-refractivity contribution >= 4 is 39.2 Å². The Kier molecular flexibility index (Phi) is 5.08. The normalized spacial score (nSPS) is 12.5. The number of carboxylic acid groups (broad SMARTS) is 1. The van der Waals surface area contributed by atoms with Crippen LogP contribution in [0.2, 0.25) is 0 Å². The Morgan fingerprint density at radius 3 is 2.46 bits per heavy atom. The van der Waals surface area contributed by atoms with Crippen molar-refractivity contribution in [2.45, 2.75) is 19.0 Å². The molecule has 3 rings (SSSR count). The van der Waals surface area contributed by atoms with Crippen LogP contribution < -0.4 is 0 Å². The first-order valence-corrected chi connectivity index (χ1v) is 8.61. The zero-order chi connectivity index (χ0) is 18.7. The number of halogens is 3. The van der Waals surface area contributed by atoms with E-state index in [4.69, 9.17) is 5.11 Å². The van der Waals surface area contributed by atoms with Crippen molar-refractivity contribution in [3.63, 3.8) is 0 Å². The molecule has 0 radical (unpaired) electrons.